The third-order valence-corrected chi connectivity index (χ3v) is 3.10. The van der Waals surface area contributed by atoms with Crippen LogP contribution in [-0.4, -0.2) is 49.1 Å². The molecule has 0 saturated heterocycles. The van der Waals surface area contributed by atoms with Gasteiger partial charge in [-0.1, -0.05) is 0 Å². The molecule has 1 heterocycles. The Kier molecular flexibility index (Phi) is 6.30. The van der Waals surface area contributed by atoms with Crippen LogP contribution in [0.2, 0.25) is 0 Å². The molecule has 1 aromatic heterocycles. The van der Waals surface area contributed by atoms with Crippen LogP contribution < -0.4 is 0 Å². The van der Waals surface area contributed by atoms with Gasteiger partial charge in [0.15, 0.2) is 6.10 Å². The quantitative estimate of drug-likeness (QED) is 0.606. The summed E-state index contributed by atoms with van der Waals surface area (Å²) in [4.78, 5) is 38.5. The molecule has 0 radical (unpaired) electrons. The first-order valence-corrected chi connectivity index (χ1v) is 6.92. The number of ether oxygens (including phenoxy) is 3. The van der Waals surface area contributed by atoms with E-state index in [1.54, 1.807) is 20.8 Å². The van der Waals surface area contributed by atoms with E-state index >= 15 is 0 Å². The lowest BCUT2D eigenvalue weighted by Gasteiger charge is -2.11. The number of ketones is 1. The molecular weight excluding hydrogens is 290 g/mol. The lowest BCUT2D eigenvalue weighted by Crippen LogP contribution is -2.27. The van der Waals surface area contributed by atoms with Crippen molar-refractivity contribution >= 4 is 17.7 Å². The number of aromatic nitrogens is 1. The Morgan fingerprint density at radius 2 is 1.86 bits per heavy atom. The maximum Gasteiger partial charge on any atom is 0.340 e. The lowest BCUT2D eigenvalue weighted by atomic mass is 10.1. The highest BCUT2D eigenvalue weighted by molar-refractivity contribution is 6.03. The Bertz CT molecular complexity index is 575. The largest absolute Gasteiger partial charge is 0.462 e. The van der Waals surface area contributed by atoms with Gasteiger partial charge in [-0.15, -0.1) is 0 Å². The lowest BCUT2D eigenvalue weighted by molar-refractivity contribution is -0.150. The molecular formula is C15H21NO6. The topological polar surface area (TPSA) is 94.7 Å². The van der Waals surface area contributed by atoms with Crippen molar-refractivity contribution in [3.8, 4) is 0 Å². The molecule has 0 aliphatic carbocycles. The van der Waals surface area contributed by atoms with Gasteiger partial charge in [0.05, 0.1) is 17.9 Å². The van der Waals surface area contributed by atoms with E-state index in [9.17, 15) is 14.4 Å². The third-order valence-electron chi connectivity index (χ3n) is 3.10. The number of rotatable bonds is 7. The Labute approximate surface area is 128 Å². The van der Waals surface area contributed by atoms with Crippen molar-refractivity contribution in [1.82, 2.24) is 4.98 Å². The molecule has 7 nitrogen and oxygen atoms in total. The van der Waals surface area contributed by atoms with Crippen LogP contribution in [0.5, 0.6) is 0 Å². The number of H-pyrrole nitrogens is 1. The van der Waals surface area contributed by atoms with Gasteiger partial charge >= 0.3 is 11.9 Å². The summed E-state index contributed by atoms with van der Waals surface area (Å²) in [6, 6.07) is 0. The van der Waals surface area contributed by atoms with E-state index in [-0.39, 0.29) is 18.9 Å². The normalized spacial score (nSPS) is 11.9. The number of aryl methyl sites for hydroxylation is 1. The van der Waals surface area contributed by atoms with E-state index in [0.717, 1.165) is 0 Å². The highest BCUT2D eigenvalue weighted by Gasteiger charge is 2.27. The predicted molar refractivity (Wildman–Crippen MR) is 78.0 cm³/mol. The summed E-state index contributed by atoms with van der Waals surface area (Å²) in [5.41, 5.74) is 1.59. The Morgan fingerprint density at radius 1 is 1.23 bits per heavy atom. The van der Waals surface area contributed by atoms with Crippen LogP contribution in [-0.2, 0) is 19.0 Å². The molecule has 0 spiro atoms. The van der Waals surface area contributed by atoms with Crippen LogP contribution in [0.25, 0.3) is 0 Å². The zero-order valence-electron chi connectivity index (χ0n) is 13.4. The van der Waals surface area contributed by atoms with Crippen molar-refractivity contribution < 1.29 is 28.6 Å². The van der Waals surface area contributed by atoms with E-state index in [1.165, 1.54) is 14.0 Å². The minimum absolute atomic E-state index is 0.228. The standard InChI is InChI=1S/C15H21NO6/c1-6-21-15(19)12-8(2)13(16-9(12)3)14(18)10(4)22-11(17)7-20-5/h10,16H,6-7H2,1-5H3/t10-/m1/s1. The van der Waals surface area contributed by atoms with E-state index < -0.39 is 23.8 Å². The average Bonchev–Trinajstić information content (AvgIpc) is 2.73. The van der Waals surface area contributed by atoms with Crippen molar-refractivity contribution in [2.75, 3.05) is 20.3 Å². The number of hydrogen-bond acceptors (Lipinski definition) is 6. The fraction of sp³-hybridized carbons (Fsp3) is 0.533. The first kappa shape index (κ1) is 17.9. The minimum Gasteiger partial charge on any atom is -0.462 e. The Morgan fingerprint density at radius 3 is 2.41 bits per heavy atom. The summed E-state index contributed by atoms with van der Waals surface area (Å²) in [5, 5.41) is 0. The summed E-state index contributed by atoms with van der Waals surface area (Å²) in [6.45, 7) is 6.52. The summed E-state index contributed by atoms with van der Waals surface area (Å²) in [6.07, 6.45) is -0.977. The van der Waals surface area contributed by atoms with Gasteiger partial charge in [-0.25, -0.2) is 9.59 Å². The van der Waals surface area contributed by atoms with Gasteiger partial charge in [0.2, 0.25) is 5.78 Å². The smallest absolute Gasteiger partial charge is 0.340 e. The van der Waals surface area contributed by atoms with E-state index in [2.05, 4.69) is 9.72 Å². The molecule has 0 fully saturated rings. The zero-order chi connectivity index (χ0) is 16.9. The monoisotopic (exact) mass is 311 g/mol. The minimum atomic E-state index is -0.977. The highest BCUT2D eigenvalue weighted by atomic mass is 16.6. The molecule has 0 aliphatic rings. The molecule has 1 N–H and O–H groups in total. The van der Waals surface area contributed by atoms with Gasteiger partial charge in [-0.05, 0) is 33.3 Å². The van der Waals surface area contributed by atoms with E-state index in [1.807, 2.05) is 0 Å². The molecule has 0 unspecified atom stereocenters. The van der Waals surface area contributed by atoms with Crippen LogP contribution in [0.4, 0.5) is 0 Å². The van der Waals surface area contributed by atoms with Crippen LogP contribution in [0.15, 0.2) is 0 Å². The average molecular weight is 311 g/mol. The molecule has 7 heteroatoms. The summed E-state index contributed by atoms with van der Waals surface area (Å²) >= 11 is 0. The van der Waals surface area contributed by atoms with E-state index in [0.29, 0.717) is 16.8 Å². The molecule has 0 saturated carbocycles. The third kappa shape index (κ3) is 3.94. The number of carbonyl (C=O) groups is 3. The second-order valence-corrected chi connectivity index (χ2v) is 4.77. The van der Waals surface area contributed by atoms with Crippen molar-refractivity contribution in [3.63, 3.8) is 0 Å². The van der Waals surface area contributed by atoms with Gasteiger partial charge in [-0.3, -0.25) is 4.79 Å². The molecule has 0 amide bonds. The zero-order valence-corrected chi connectivity index (χ0v) is 13.4. The second-order valence-electron chi connectivity index (χ2n) is 4.77. The molecule has 0 bridgehead atoms. The van der Waals surface area contributed by atoms with Crippen molar-refractivity contribution in [2.45, 2.75) is 33.8 Å². The Hall–Kier alpha value is -2.15. The van der Waals surface area contributed by atoms with Gasteiger partial charge < -0.3 is 19.2 Å². The maximum atomic E-state index is 12.3. The number of esters is 2. The number of aromatic amines is 1. The SMILES string of the molecule is CCOC(=O)c1c(C)[nH]c(C(=O)[C@@H](C)OC(=O)COC)c1C. The summed E-state index contributed by atoms with van der Waals surface area (Å²) in [5.74, 6) is -1.53. The molecule has 1 aromatic rings. The van der Waals surface area contributed by atoms with Gasteiger partial charge in [-0.2, -0.15) is 0 Å². The molecule has 22 heavy (non-hydrogen) atoms. The first-order chi connectivity index (χ1) is 10.3. The summed E-state index contributed by atoms with van der Waals surface area (Å²) < 4.78 is 14.6. The molecule has 0 aromatic carbocycles. The second kappa shape index (κ2) is 7.74. The molecule has 1 rings (SSSR count). The number of nitrogens with one attached hydrogen (secondary N) is 1. The van der Waals surface area contributed by atoms with Crippen molar-refractivity contribution in [3.05, 3.63) is 22.5 Å². The van der Waals surface area contributed by atoms with Crippen molar-refractivity contribution in [2.24, 2.45) is 0 Å². The number of hydrogen-bond donors (Lipinski definition) is 1. The Balaban J connectivity index is 2.97. The first-order valence-electron chi connectivity index (χ1n) is 6.92. The van der Waals surface area contributed by atoms with Gasteiger partial charge in [0.25, 0.3) is 0 Å². The predicted octanol–water partition coefficient (Wildman–Crippen LogP) is 1.57. The fourth-order valence-corrected chi connectivity index (χ4v) is 2.11. The number of carbonyl (C=O) groups excluding carboxylic acids is 3. The number of Topliss-reactive ketones (excluding diaryl/α,β-unsaturated/α-hetero) is 1. The molecule has 1 atom stereocenters. The van der Waals surface area contributed by atoms with Crippen LogP contribution in [0.1, 0.15) is 46.0 Å². The van der Waals surface area contributed by atoms with Gasteiger partial charge in [0.1, 0.15) is 6.61 Å². The van der Waals surface area contributed by atoms with Crippen molar-refractivity contribution in [1.29, 1.82) is 0 Å². The van der Waals surface area contributed by atoms with Crippen LogP contribution >= 0.6 is 0 Å². The van der Waals surface area contributed by atoms with Crippen LogP contribution in [0.3, 0.4) is 0 Å². The maximum absolute atomic E-state index is 12.3. The van der Waals surface area contributed by atoms with Crippen LogP contribution in [0, 0.1) is 13.8 Å². The van der Waals surface area contributed by atoms with E-state index in [4.69, 9.17) is 9.47 Å². The molecule has 0 aliphatic heterocycles. The van der Waals surface area contributed by atoms with Gasteiger partial charge in [0, 0.05) is 12.8 Å². The fourth-order valence-electron chi connectivity index (χ4n) is 2.11. The number of methoxy groups -OCH3 is 1. The highest BCUT2D eigenvalue weighted by Crippen LogP contribution is 2.21. The summed E-state index contributed by atoms with van der Waals surface area (Å²) in [7, 11) is 1.36. The molecule has 122 valence electrons.